The molecule has 2 N–H and O–H groups in total. The summed E-state index contributed by atoms with van der Waals surface area (Å²) in [5.74, 6) is -0.116. The molecule has 1 aliphatic heterocycles. The van der Waals surface area contributed by atoms with E-state index in [9.17, 15) is 4.79 Å². The molecule has 1 aromatic carbocycles. The van der Waals surface area contributed by atoms with Gasteiger partial charge in [0.2, 0.25) is 0 Å². The molecule has 15 heavy (non-hydrogen) atoms. The van der Waals surface area contributed by atoms with Gasteiger partial charge in [-0.1, -0.05) is 28.1 Å². The van der Waals surface area contributed by atoms with Gasteiger partial charge >= 0.3 is 0 Å². The van der Waals surface area contributed by atoms with Crippen LogP contribution in [0.4, 0.5) is 0 Å². The summed E-state index contributed by atoms with van der Waals surface area (Å²) in [5, 5.41) is 5.94. The van der Waals surface area contributed by atoms with Crippen molar-refractivity contribution in [1.82, 2.24) is 10.6 Å². The van der Waals surface area contributed by atoms with E-state index < -0.39 is 5.54 Å². The first-order valence-electron chi connectivity index (χ1n) is 4.42. The Morgan fingerprint density at radius 1 is 1.33 bits per heavy atom. The fourth-order valence-electron chi connectivity index (χ4n) is 1.53. The number of benzene rings is 1. The zero-order chi connectivity index (χ0) is 11.1. The van der Waals surface area contributed by atoms with E-state index >= 15 is 0 Å². The van der Waals surface area contributed by atoms with Crippen LogP contribution in [0.5, 0.6) is 0 Å². The number of amides is 1. The maximum Gasteiger partial charge on any atom is 0.256 e. The minimum Gasteiger partial charge on any atom is -0.345 e. The van der Waals surface area contributed by atoms with Crippen LogP contribution in [-0.2, 0) is 10.3 Å². The molecular formula is C10H9BrN2OS. The van der Waals surface area contributed by atoms with E-state index in [1.165, 1.54) is 0 Å². The summed E-state index contributed by atoms with van der Waals surface area (Å²) in [5.41, 5.74) is 0.140. The van der Waals surface area contributed by atoms with Crippen molar-refractivity contribution < 1.29 is 4.79 Å². The van der Waals surface area contributed by atoms with E-state index in [1.54, 1.807) is 0 Å². The van der Waals surface area contributed by atoms with Gasteiger partial charge in [-0.25, -0.2) is 0 Å². The second kappa shape index (κ2) is 3.57. The predicted molar refractivity (Wildman–Crippen MR) is 65.4 cm³/mol. The highest BCUT2D eigenvalue weighted by Gasteiger charge is 2.41. The number of thiocarbonyl (C=S) groups is 1. The van der Waals surface area contributed by atoms with Crippen LogP contribution in [0.15, 0.2) is 28.7 Å². The summed E-state index contributed by atoms with van der Waals surface area (Å²) in [6.45, 7) is 1.81. The smallest absolute Gasteiger partial charge is 0.256 e. The lowest BCUT2D eigenvalue weighted by molar-refractivity contribution is -0.123. The molecule has 1 atom stereocenters. The molecule has 3 nitrogen and oxygen atoms in total. The zero-order valence-electron chi connectivity index (χ0n) is 8.00. The summed E-state index contributed by atoms with van der Waals surface area (Å²) >= 11 is 8.27. The van der Waals surface area contributed by atoms with Crippen molar-refractivity contribution in [3.63, 3.8) is 0 Å². The molecule has 0 saturated carbocycles. The molecule has 2 rings (SSSR count). The third kappa shape index (κ3) is 1.77. The third-order valence-corrected chi connectivity index (χ3v) is 3.20. The Hall–Kier alpha value is -0.940. The van der Waals surface area contributed by atoms with E-state index in [-0.39, 0.29) is 5.91 Å². The van der Waals surface area contributed by atoms with Gasteiger partial charge in [-0.15, -0.1) is 0 Å². The van der Waals surface area contributed by atoms with Gasteiger partial charge in [0.25, 0.3) is 5.91 Å². The summed E-state index contributed by atoms with van der Waals surface area (Å²) in [6.07, 6.45) is 0. The highest BCUT2D eigenvalue weighted by atomic mass is 79.9. The van der Waals surface area contributed by atoms with Gasteiger partial charge in [-0.3, -0.25) is 4.79 Å². The number of nitrogens with one attached hydrogen (secondary N) is 2. The first-order valence-corrected chi connectivity index (χ1v) is 5.62. The second-order valence-electron chi connectivity index (χ2n) is 3.54. The Bertz CT molecular complexity index is 432. The number of rotatable bonds is 1. The standard InChI is InChI=1S/C10H9BrN2OS/c1-10(8(14)12-9(15)13-10)6-2-4-7(11)5-3-6/h2-5H,1H3,(H2,12,13,14,15)/t10-/m0/s1. The minimum atomic E-state index is -0.752. The number of halogens is 1. The Balaban J connectivity index is 2.41. The van der Waals surface area contributed by atoms with E-state index in [2.05, 4.69) is 26.6 Å². The van der Waals surface area contributed by atoms with E-state index in [0.717, 1.165) is 10.0 Å². The lowest BCUT2D eigenvalue weighted by Crippen LogP contribution is -2.40. The summed E-state index contributed by atoms with van der Waals surface area (Å²) in [4.78, 5) is 11.7. The van der Waals surface area contributed by atoms with Gasteiger partial charge in [0.15, 0.2) is 5.11 Å². The molecule has 1 amide bonds. The Kier molecular flexibility index (Phi) is 2.52. The average molecular weight is 285 g/mol. The van der Waals surface area contributed by atoms with Crippen LogP contribution in [0.25, 0.3) is 0 Å². The minimum absolute atomic E-state index is 0.116. The molecule has 0 aromatic heterocycles. The normalized spacial score (nSPS) is 24.9. The van der Waals surface area contributed by atoms with Gasteiger partial charge in [0.1, 0.15) is 5.54 Å². The van der Waals surface area contributed by atoms with Gasteiger partial charge in [-0.05, 0) is 36.8 Å². The maximum atomic E-state index is 11.7. The highest BCUT2D eigenvalue weighted by Crippen LogP contribution is 2.25. The number of carbonyl (C=O) groups is 1. The van der Waals surface area contributed by atoms with Crippen molar-refractivity contribution in [1.29, 1.82) is 0 Å². The molecule has 5 heteroatoms. The first-order chi connectivity index (χ1) is 7.02. The molecule has 0 bridgehead atoms. The molecule has 0 aliphatic carbocycles. The van der Waals surface area contributed by atoms with Crippen LogP contribution >= 0.6 is 28.1 Å². The first kappa shape index (κ1) is 10.6. The second-order valence-corrected chi connectivity index (χ2v) is 4.86. The van der Waals surface area contributed by atoms with Crippen molar-refractivity contribution in [2.45, 2.75) is 12.5 Å². The molecule has 1 aromatic rings. The molecule has 1 heterocycles. The number of carbonyl (C=O) groups excluding carboxylic acids is 1. The summed E-state index contributed by atoms with van der Waals surface area (Å²) in [6, 6.07) is 7.59. The Morgan fingerprint density at radius 2 is 1.93 bits per heavy atom. The predicted octanol–water partition coefficient (Wildman–Crippen LogP) is 1.67. The lowest BCUT2D eigenvalue weighted by Gasteiger charge is -2.21. The van der Waals surface area contributed by atoms with E-state index in [4.69, 9.17) is 12.2 Å². The van der Waals surface area contributed by atoms with E-state index in [0.29, 0.717) is 5.11 Å². The molecule has 78 valence electrons. The molecule has 1 fully saturated rings. The average Bonchev–Trinajstić information content (AvgIpc) is 2.42. The van der Waals surface area contributed by atoms with Crippen molar-refractivity contribution in [3.8, 4) is 0 Å². The van der Waals surface area contributed by atoms with Crippen LogP contribution in [-0.4, -0.2) is 11.0 Å². The van der Waals surface area contributed by atoms with Crippen LogP contribution in [0.2, 0.25) is 0 Å². The van der Waals surface area contributed by atoms with Crippen molar-refractivity contribution in [2.24, 2.45) is 0 Å². The third-order valence-electron chi connectivity index (χ3n) is 2.47. The van der Waals surface area contributed by atoms with Crippen LogP contribution in [0.3, 0.4) is 0 Å². The SMILES string of the molecule is C[C@@]1(c2ccc(Br)cc2)NC(=S)NC1=O. The Labute approximate surface area is 101 Å². The Morgan fingerprint density at radius 3 is 2.40 bits per heavy atom. The molecular weight excluding hydrogens is 276 g/mol. The maximum absolute atomic E-state index is 11.7. The fourth-order valence-corrected chi connectivity index (χ4v) is 2.09. The summed E-state index contributed by atoms with van der Waals surface area (Å²) in [7, 11) is 0. The van der Waals surface area contributed by atoms with Crippen molar-refractivity contribution in [3.05, 3.63) is 34.3 Å². The van der Waals surface area contributed by atoms with Gasteiger partial charge in [0.05, 0.1) is 0 Å². The fraction of sp³-hybridized carbons (Fsp3) is 0.200. The van der Waals surface area contributed by atoms with Crippen molar-refractivity contribution >= 4 is 39.2 Å². The zero-order valence-corrected chi connectivity index (χ0v) is 10.4. The van der Waals surface area contributed by atoms with E-state index in [1.807, 2.05) is 31.2 Å². The molecule has 1 saturated heterocycles. The lowest BCUT2D eigenvalue weighted by atomic mass is 9.92. The summed E-state index contributed by atoms with van der Waals surface area (Å²) < 4.78 is 0.982. The number of hydrogen-bond acceptors (Lipinski definition) is 2. The molecule has 1 aliphatic rings. The largest absolute Gasteiger partial charge is 0.345 e. The number of hydrogen-bond donors (Lipinski definition) is 2. The monoisotopic (exact) mass is 284 g/mol. The topological polar surface area (TPSA) is 41.1 Å². The highest BCUT2D eigenvalue weighted by molar-refractivity contribution is 9.10. The van der Waals surface area contributed by atoms with Crippen LogP contribution in [0.1, 0.15) is 12.5 Å². The molecule has 0 unspecified atom stereocenters. The quantitative estimate of drug-likeness (QED) is 0.771. The molecule has 0 radical (unpaired) electrons. The van der Waals surface area contributed by atoms with Gasteiger partial charge in [0, 0.05) is 4.47 Å². The van der Waals surface area contributed by atoms with Gasteiger partial charge in [-0.2, -0.15) is 0 Å². The van der Waals surface area contributed by atoms with Crippen molar-refractivity contribution in [2.75, 3.05) is 0 Å². The van der Waals surface area contributed by atoms with Gasteiger partial charge < -0.3 is 10.6 Å². The van der Waals surface area contributed by atoms with Crippen LogP contribution < -0.4 is 10.6 Å². The molecule has 0 spiro atoms. The van der Waals surface area contributed by atoms with Crippen LogP contribution in [0, 0.1) is 0 Å².